The fraction of sp³-hybridized carbons (Fsp3) is 0.941. The summed E-state index contributed by atoms with van der Waals surface area (Å²) in [6.45, 7) is 17.6. The molecule has 0 bridgehead atoms. The molecule has 0 saturated heterocycles. The molecule has 3 heteroatoms. The van der Waals surface area contributed by atoms with Crippen molar-refractivity contribution in [1.82, 2.24) is 0 Å². The molecule has 1 aliphatic rings. The lowest BCUT2D eigenvalue weighted by atomic mass is 9.75. The number of hydrogen-bond donors (Lipinski definition) is 0. The molecule has 0 aromatic rings. The van der Waals surface area contributed by atoms with Gasteiger partial charge < -0.3 is 9.47 Å². The minimum Gasteiger partial charge on any atom is -0.379 e. The van der Waals surface area contributed by atoms with E-state index in [9.17, 15) is 0 Å². The summed E-state index contributed by atoms with van der Waals surface area (Å²) in [5.74, 6) is 2.39. The fourth-order valence-electron chi connectivity index (χ4n) is 2.93. The van der Waals surface area contributed by atoms with Crippen LogP contribution in [-0.2, 0) is 9.47 Å². The van der Waals surface area contributed by atoms with Crippen LogP contribution in [-0.4, -0.2) is 27.4 Å². The molecular formula is C17H35O2Si. The minimum atomic E-state index is -0.960. The van der Waals surface area contributed by atoms with Crippen LogP contribution in [0.2, 0.25) is 25.7 Å². The lowest BCUT2D eigenvalue weighted by Gasteiger charge is -2.35. The highest BCUT2D eigenvalue weighted by molar-refractivity contribution is 6.76. The van der Waals surface area contributed by atoms with Crippen molar-refractivity contribution in [3.05, 3.63) is 6.61 Å². The molecule has 20 heavy (non-hydrogen) atoms. The smallest absolute Gasteiger partial charge is 0.110 e. The standard InChI is InChI=1S/C17H35O2Si/c1-14(2)16-11-15(3)12-17(13-16)19-8-7-18-9-10-20(4,5)6/h8,14-17H,7,9-13H2,1-6H3. The van der Waals surface area contributed by atoms with E-state index >= 15 is 0 Å². The molecule has 0 heterocycles. The Bertz CT molecular complexity index is 260. The highest BCUT2D eigenvalue weighted by Crippen LogP contribution is 2.35. The van der Waals surface area contributed by atoms with Gasteiger partial charge in [0.2, 0.25) is 0 Å². The maximum Gasteiger partial charge on any atom is 0.110 e. The summed E-state index contributed by atoms with van der Waals surface area (Å²) in [5.41, 5.74) is 0. The molecule has 0 aromatic carbocycles. The minimum absolute atomic E-state index is 0.409. The highest BCUT2D eigenvalue weighted by atomic mass is 28.3. The SMILES string of the molecule is CC1CC(O[CH]COCC[Si](C)(C)C)CC(C(C)C)C1. The van der Waals surface area contributed by atoms with Crippen molar-refractivity contribution in [1.29, 1.82) is 0 Å². The van der Waals surface area contributed by atoms with Gasteiger partial charge in [0.25, 0.3) is 0 Å². The van der Waals surface area contributed by atoms with E-state index in [0.29, 0.717) is 12.7 Å². The van der Waals surface area contributed by atoms with Crippen molar-refractivity contribution in [2.75, 3.05) is 13.2 Å². The van der Waals surface area contributed by atoms with Gasteiger partial charge in [-0.2, -0.15) is 0 Å². The second kappa shape index (κ2) is 8.55. The first-order valence-electron chi connectivity index (χ1n) is 8.33. The Hall–Kier alpha value is 0.137. The van der Waals surface area contributed by atoms with Gasteiger partial charge >= 0.3 is 0 Å². The Labute approximate surface area is 127 Å². The zero-order valence-corrected chi connectivity index (χ0v) is 15.4. The summed E-state index contributed by atoms with van der Waals surface area (Å²) >= 11 is 0. The fourth-order valence-corrected chi connectivity index (χ4v) is 3.69. The predicted octanol–water partition coefficient (Wildman–Crippen LogP) is 4.98. The summed E-state index contributed by atoms with van der Waals surface area (Å²) in [6.07, 6.45) is 4.19. The zero-order chi connectivity index (χ0) is 15.2. The van der Waals surface area contributed by atoms with Crippen LogP contribution >= 0.6 is 0 Å². The molecule has 1 aliphatic carbocycles. The number of ether oxygens (including phenoxy) is 2. The van der Waals surface area contributed by atoms with Crippen LogP contribution in [0.3, 0.4) is 0 Å². The second-order valence-corrected chi connectivity index (χ2v) is 13.7. The summed E-state index contributed by atoms with van der Waals surface area (Å²) in [6, 6.07) is 1.23. The molecule has 119 valence electrons. The van der Waals surface area contributed by atoms with E-state index in [2.05, 4.69) is 40.4 Å². The van der Waals surface area contributed by atoms with Crippen LogP contribution < -0.4 is 0 Å². The van der Waals surface area contributed by atoms with Gasteiger partial charge in [0.05, 0.1) is 12.7 Å². The molecule has 1 saturated carbocycles. The predicted molar refractivity (Wildman–Crippen MR) is 89.5 cm³/mol. The van der Waals surface area contributed by atoms with Crippen LogP contribution in [0.4, 0.5) is 0 Å². The van der Waals surface area contributed by atoms with E-state index in [1.165, 1.54) is 25.3 Å². The molecule has 0 aromatic heterocycles. The summed E-state index contributed by atoms with van der Waals surface area (Å²) in [4.78, 5) is 0. The average Bonchev–Trinajstić information content (AvgIpc) is 2.31. The number of rotatable bonds is 8. The van der Waals surface area contributed by atoms with Crippen molar-refractivity contribution < 1.29 is 9.47 Å². The lowest BCUT2D eigenvalue weighted by Crippen LogP contribution is -2.30. The molecular weight excluding hydrogens is 264 g/mol. The summed E-state index contributed by atoms with van der Waals surface area (Å²) < 4.78 is 11.6. The monoisotopic (exact) mass is 299 g/mol. The van der Waals surface area contributed by atoms with Gasteiger partial charge in [-0.05, 0) is 43.1 Å². The van der Waals surface area contributed by atoms with Crippen molar-refractivity contribution in [3.63, 3.8) is 0 Å². The van der Waals surface area contributed by atoms with Crippen LogP contribution in [0.15, 0.2) is 0 Å². The third-order valence-electron chi connectivity index (χ3n) is 4.35. The summed E-state index contributed by atoms with van der Waals surface area (Å²) in [7, 11) is -0.960. The first kappa shape index (κ1) is 18.2. The topological polar surface area (TPSA) is 18.5 Å². The summed E-state index contributed by atoms with van der Waals surface area (Å²) in [5, 5.41) is 0. The van der Waals surface area contributed by atoms with Gasteiger partial charge in [-0.25, -0.2) is 0 Å². The molecule has 1 radical (unpaired) electrons. The Morgan fingerprint density at radius 3 is 2.45 bits per heavy atom. The van der Waals surface area contributed by atoms with Crippen molar-refractivity contribution in [3.8, 4) is 0 Å². The van der Waals surface area contributed by atoms with Crippen LogP contribution in [0.25, 0.3) is 0 Å². The molecule has 1 rings (SSSR count). The molecule has 0 N–H and O–H groups in total. The van der Waals surface area contributed by atoms with Gasteiger partial charge in [0, 0.05) is 14.7 Å². The van der Waals surface area contributed by atoms with Crippen LogP contribution in [0.1, 0.15) is 40.0 Å². The maximum atomic E-state index is 5.93. The second-order valence-electron chi connectivity index (χ2n) is 8.13. The Balaban J connectivity index is 2.12. The van der Waals surface area contributed by atoms with E-state index < -0.39 is 8.07 Å². The molecule has 3 unspecified atom stereocenters. The Morgan fingerprint density at radius 1 is 1.15 bits per heavy atom. The van der Waals surface area contributed by atoms with E-state index in [1.54, 1.807) is 0 Å². The van der Waals surface area contributed by atoms with Gasteiger partial charge in [0.1, 0.15) is 6.61 Å². The largest absolute Gasteiger partial charge is 0.379 e. The highest BCUT2D eigenvalue weighted by Gasteiger charge is 2.28. The molecule has 2 nitrogen and oxygen atoms in total. The van der Waals surface area contributed by atoms with Gasteiger partial charge in [-0.3, -0.25) is 0 Å². The molecule has 3 atom stereocenters. The van der Waals surface area contributed by atoms with Crippen molar-refractivity contribution >= 4 is 8.07 Å². The normalized spacial score (nSPS) is 28.1. The lowest BCUT2D eigenvalue weighted by molar-refractivity contribution is 0.00200. The first-order valence-corrected chi connectivity index (χ1v) is 12.0. The van der Waals surface area contributed by atoms with E-state index in [-0.39, 0.29) is 0 Å². The van der Waals surface area contributed by atoms with Crippen molar-refractivity contribution in [2.45, 2.75) is 71.8 Å². The first-order chi connectivity index (χ1) is 9.28. The van der Waals surface area contributed by atoms with Gasteiger partial charge in [0.15, 0.2) is 0 Å². The third kappa shape index (κ3) is 7.80. The quantitative estimate of drug-likeness (QED) is 0.465. The van der Waals surface area contributed by atoms with Crippen molar-refractivity contribution in [2.24, 2.45) is 17.8 Å². The molecule has 0 amide bonds. The Morgan fingerprint density at radius 2 is 1.85 bits per heavy atom. The average molecular weight is 300 g/mol. The zero-order valence-electron chi connectivity index (χ0n) is 14.4. The van der Waals surface area contributed by atoms with Crippen LogP contribution in [0.5, 0.6) is 0 Å². The van der Waals surface area contributed by atoms with Gasteiger partial charge in [-0.15, -0.1) is 0 Å². The van der Waals surface area contributed by atoms with Gasteiger partial charge in [-0.1, -0.05) is 40.4 Å². The van der Waals surface area contributed by atoms with E-state index in [1.807, 2.05) is 6.61 Å². The molecule has 1 fully saturated rings. The van der Waals surface area contributed by atoms with Crippen LogP contribution in [0, 0.1) is 24.4 Å². The third-order valence-corrected chi connectivity index (χ3v) is 6.05. The maximum absolute atomic E-state index is 5.93. The number of hydrogen-bond acceptors (Lipinski definition) is 2. The molecule has 0 spiro atoms. The van der Waals surface area contributed by atoms with E-state index in [4.69, 9.17) is 9.47 Å². The Kier molecular flexibility index (Phi) is 7.77. The molecule has 0 aliphatic heterocycles. The van der Waals surface area contributed by atoms with E-state index in [0.717, 1.165) is 24.4 Å².